The van der Waals surface area contributed by atoms with Gasteiger partial charge in [-0.2, -0.15) is 0 Å². The van der Waals surface area contributed by atoms with Gasteiger partial charge in [-0.15, -0.1) is 0 Å². The molecular weight excluding hydrogens is 422 g/mol. The summed E-state index contributed by atoms with van der Waals surface area (Å²) in [5.41, 5.74) is 1.05. The van der Waals surface area contributed by atoms with Gasteiger partial charge >= 0.3 is 11.9 Å². The minimum atomic E-state index is -1.23. The summed E-state index contributed by atoms with van der Waals surface area (Å²) in [4.78, 5) is 48.2. The van der Waals surface area contributed by atoms with Crippen molar-refractivity contribution in [2.75, 3.05) is 12.4 Å². The molecule has 0 fully saturated rings. The number of halogens is 1. The first-order valence-corrected chi connectivity index (χ1v) is 9.35. The van der Waals surface area contributed by atoms with E-state index < -0.39 is 17.8 Å². The minimum Gasteiger partial charge on any atom is -0.478 e. The van der Waals surface area contributed by atoms with Crippen LogP contribution >= 0.6 is 11.6 Å². The normalized spacial score (nSPS) is 10.3. The Kier molecular flexibility index (Phi) is 6.47. The summed E-state index contributed by atoms with van der Waals surface area (Å²) in [6.07, 6.45) is 0. The maximum atomic E-state index is 12.7. The number of carboxylic acid groups (broad SMARTS) is 1. The van der Waals surface area contributed by atoms with E-state index in [4.69, 9.17) is 11.6 Å². The van der Waals surface area contributed by atoms with Crippen LogP contribution in [0.4, 0.5) is 5.69 Å². The molecule has 8 heteroatoms. The number of ether oxygens (including phenoxy) is 1. The van der Waals surface area contributed by atoms with Crippen molar-refractivity contribution in [2.45, 2.75) is 0 Å². The molecule has 7 nitrogen and oxygen atoms in total. The zero-order valence-electron chi connectivity index (χ0n) is 16.2. The number of nitrogens with one attached hydrogen (secondary N) is 1. The first-order chi connectivity index (χ1) is 14.8. The van der Waals surface area contributed by atoms with Gasteiger partial charge in [0.15, 0.2) is 5.78 Å². The smallest absolute Gasteiger partial charge is 0.337 e. The summed E-state index contributed by atoms with van der Waals surface area (Å²) in [6.45, 7) is 0. The highest BCUT2D eigenvalue weighted by atomic mass is 35.5. The largest absolute Gasteiger partial charge is 0.478 e. The Morgan fingerprint density at radius 1 is 0.839 bits per heavy atom. The lowest BCUT2D eigenvalue weighted by molar-refractivity contribution is 0.0599. The predicted octanol–water partition coefficient (Wildman–Crippen LogP) is 4.31. The van der Waals surface area contributed by atoms with Crippen molar-refractivity contribution in [1.82, 2.24) is 0 Å². The number of hydrogen-bond acceptors (Lipinski definition) is 5. The predicted molar refractivity (Wildman–Crippen MR) is 114 cm³/mol. The molecule has 0 saturated heterocycles. The molecule has 0 radical (unpaired) electrons. The molecule has 31 heavy (non-hydrogen) atoms. The molecule has 2 N–H and O–H groups in total. The molecule has 3 aromatic rings. The van der Waals surface area contributed by atoms with Crippen molar-refractivity contribution in [3.8, 4) is 0 Å². The van der Waals surface area contributed by atoms with Gasteiger partial charge in [0.25, 0.3) is 5.91 Å². The third kappa shape index (κ3) is 4.96. The van der Waals surface area contributed by atoms with Crippen LogP contribution in [-0.2, 0) is 4.74 Å². The molecule has 0 unspecified atom stereocenters. The van der Waals surface area contributed by atoms with E-state index in [1.54, 1.807) is 12.1 Å². The molecule has 156 valence electrons. The van der Waals surface area contributed by atoms with Gasteiger partial charge in [-0.3, -0.25) is 9.59 Å². The molecule has 0 aliphatic heterocycles. The van der Waals surface area contributed by atoms with Crippen LogP contribution in [0.2, 0.25) is 5.02 Å². The summed E-state index contributed by atoms with van der Waals surface area (Å²) in [5.74, 6) is -2.65. The molecule has 1 amide bonds. The number of benzene rings is 3. The van der Waals surface area contributed by atoms with Crippen molar-refractivity contribution >= 4 is 40.9 Å². The van der Waals surface area contributed by atoms with Crippen molar-refractivity contribution in [2.24, 2.45) is 0 Å². The summed E-state index contributed by atoms with van der Waals surface area (Å²) in [7, 11) is 1.25. The first kappa shape index (κ1) is 21.7. The fourth-order valence-corrected chi connectivity index (χ4v) is 3.01. The molecule has 0 bridgehead atoms. The SMILES string of the molecule is COC(=O)c1cccc(C(=O)c2ccc(C(=O)Nc3ccc(Cl)cc3C(=O)O)cc2)c1. The maximum Gasteiger partial charge on any atom is 0.337 e. The van der Waals surface area contributed by atoms with Crippen LogP contribution in [0.15, 0.2) is 66.7 Å². The average Bonchev–Trinajstić information content (AvgIpc) is 2.79. The average molecular weight is 438 g/mol. The number of hydrogen-bond donors (Lipinski definition) is 2. The lowest BCUT2D eigenvalue weighted by Crippen LogP contribution is -2.15. The zero-order chi connectivity index (χ0) is 22.5. The van der Waals surface area contributed by atoms with Crippen molar-refractivity contribution in [1.29, 1.82) is 0 Å². The van der Waals surface area contributed by atoms with Crippen molar-refractivity contribution in [3.05, 3.63) is 99.6 Å². The Balaban J connectivity index is 1.79. The third-order valence-corrected chi connectivity index (χ3v) is 4.65. The fourth-order valence-electron chi connectivity index (χ4n) is 2.84. The number of anilines is 1. The van der Waals surface area contributed by atoms with Gasteiger partial charge in [0.05, 0.1) is 23.9 Å². The quantitative estimate of drug-likeness (QED) is 0.439. The number of rotatable bonds is 6. The van der Waals surface area contributed by atoms with Crippen molar-refractivity contribution in [3.63, 3.8) is 0 Å². The topological polar surface area (TPSA) is 110 Å². The molecule has 0 spiro atoms. The van der Waals surface area contributed by atoms with Crippen LogP contribution < -0.4 is 5.32 Å². The van der Waals surface area contributed by atoms with Crippen LogP contribution in [0.3, 0.4) is 0 Å². The second-order valence-electron chi connectivity index (χ2n) is 6.43. The maximum absolute atomic E-state index is 12.7. The second kappa shape index (κ2) is 9.23. The number of amides is 1. The van der Waals surface area contributed by atoms with E-state index in [0.29, 0.717) is 11.1 Å². The fraction of sp³-hybridized carbons (Fsp3) is 0.0435. The van der Waals surface area contributed by atoms with E-state index in [9.17, 15) is 24.3 Å². The number of carbonyl (C=O) groups excluding carboxylic acids is 3. The summed E-state index contributed by atoms with van der Waals surface area (Å²) >= 11 is 5.81. The molecule has 3 aromatic carbocycles. The number of carboxylic acids is 1. The Labute approximate surface area is 182 Å². The third-order valence-electron chi connectivity index (χ3n) is 4.42. The van der Waals surface area contributed by atoms with Gasteiger partial charge < -0.3 is 15.2 Å². The molecular formula is C23H16ClNO6. The van der Waals surface area contributed by atoms with Gasteiger partial charge in [0.1, 0.15) is 0 Å². The van der Waals surface area contributed by atoms with E-state index in [2.05, 4.69) is 10.1 Å². The van der Waals surface area contributed by atoms with Gasteiger partial charge in [0.2, 0.25) is 0 Å². The first-order valence-electron chi connectivity index (χ1n) is 8.97. The number of esters is 1. The van der Waals surface area contributed by atoms with Crippen molar-refractivity contribution < 1.29 is 29.0 Å². The monoisotopic (exact) mass is 437 g/mol. The molecule has 0 atom stereocenters. The molecule has 0 heterocycles. The number of methoxy groups -OCH3 is 1. The molecule has 0 aliphatic rings. The Bertz CT molecular complexity index is 1190. The molecule has 0 saturated carbocycles. The number of carbonyl (C=O) groups is 4. The van der Waals surface area contributed by atoms with Crippen LogP contribution in [0.5, 0.6) is 0 Å². The highest BCUT2D eigenvalue weighted by Crippen LogP contribution is 2.22. The summed E-state index contributed by atoms with van der Waals surface area (Å²) < 4.78 is 4.66. The van der Waals surface area contributed by atoms with Crippen LogP contribution in [0.25, 0.3) is 0 Å². The summed E-state index contributed by atoms with van der Waals surface area (Å²) in [6, 6.07) is 16.1. The van der Waals surface area contributed by atoms with Gasteiger partial charge in [-0.25, -0.2) is 9.59 Å². The molecule has 0 aliphatic carbocycles. The Morgan fingerprint density at radius 2 is 1.48 bits per heavy atom. The van der Waals surface area contributed by atoms with E-state index in [-0.39, 0.29) is 33.2 Å². The minimum absolute atomic E-state index is 0.0988. The highest BCUT2D eigenvalue weighted by molar-refractivity contribution is 6.31. The Morgan fingerprint density at radius 3 is 2.13 bits per heavy atom. The molecule has 0 aromatic heterocycles. The summed E-state index contributed by atoms with van der Waals surface area (Å²) in [5, 5.41) is 12.0. The van der Waals surface area contributed by atoms with Gasteiger partial charge in [-0.05, 0) is 42.5 Å². The second-order valence-corrected chi connectivity index (χ2v) is 6.86. The van der Waals surface area contributed by atoms with E-state index >= 15 is 0 Å². The Hall–Kier alpha value is -3.97. The van der Waals surface area contributed by atoms with E-state index in [1.807, 2.05) is 0 Å². The number of aromatic carboxylic acids is 1. The molecule has 3 rings (SSSR count). The van der Waals surface area contributed by atoms with Gasteiger partial charge in [0, 0.05) is 21.7 Å². The highest BCUT2D eigenvalue weighted by Gasteiger charge is 2.16. The van der Waals surface area contributed by atoms with Crippen LogP contribution in [-0.4, -0.2) is 35.8 Å². The lowest BCUT2D eigenvalue weighted by Gasteiger charge is -2.09. The lowest BCUT2D eigenvalue weighted by atomic mass is 10.00. The zero-order valence-corrected chi connectivity index (χ0v) is 17.0. The van der Waals surface area contributed by atoms with Crippen LogP contribution in [0, 0.1) is 0 Å². The van der Waals surface area contributed by atoms with E-state index in [1.165, 1.54) is 61.7 Å². The van der Waals surface area contributed by atoms with E-state index in [0.717, 1.165) is 0 Å². The van der Waals surface area contributed by atoms with Gasteiger partial charge in [-0.1, -0.05) is 35.9 Å². The van der Waals surface area contributed by atoms with Crippen LogP contribution in [0.1, 0.15) is 47.0 Å². The number of ketones is 1. The standard InChI is InChI=1S/C23H16ClNO6/c1-31-23(30)16-4-2-3-15(11-16)20(26)13-5-7-14(8-6-13)21(27)25-19-10-9-17(24)12-18(19)22(28)29/h2-12H,1H3,(H,25,27)(H,28,29).